The highest BCUT2D eigenvalue weighted by Crippen LogP contribution is 2.52. The first-order chi connectivity index (χ1) is 10.0. The molecule has 3 aliphatic rings. The lowest BCUT2D eigenvalue weighted by Crippen LogP contribution is -2.27. The van der Waals surface area contributed by atoms with E-state index in [0.29, 0.717) is 24.7 Å². The lowest BCUT2D eigenvalue weighted by atomic mass is 9.79. The van der Waals surface area contributed by atoms with Crippen LogP contribution in [0.5, 0.6) is 11.5 Å². The van der Waals surface area contributed by atoms with E-state index in [1.807, 2.05) is 0 Å². The van der Waals surface area contributed by atoms with Crippen LogP contribution in [0.15, 0.2) is 35.3 Å². The van der Waals surface area contributed by atoms with Crippen molar-refractivity contribution in [3.63, 3.8) is 0 Å². The van der Waals surface area contributed by atoms with Crippen LogP contribution < -0.4 is 0 Å². The summed E-state index contributed by atoms with van der Waals surface area (Å²) in [5.74, 6) is 1.42. The van der Waals surface area contributed by atoms with E-state index in [4.69, 9.17) is 4.74 Å². The number of aromatic hydroxyl groups is 2. The fourth-order valence-corrected chi connectivity index (χ4v) is 4.19. The zero-order chi connectivity index (χ0) is 14.7. The monoisotopic (exact) mass is 350 g/mol. The fraction of sp³-hybridized carbons (Fsp3) is 0.375. The normalized spacial score (nSPS) is 30.1. The minimum absolute atomic E-state index is 0.0675. The average molecular weight is 351 g/mol. The molecule has 1 heterocycles. The molecule has 0 bridgehead atoms. The van der Waals surface area contributed by atoms with Gasteiger partial charge in [-0.05, 0) is 41.7 Å². The first-order valence-electron chi connectivity index (χ1n) is 7.00. The fourth-order valence-electron chi connectivity index (χ4n) is 3.71. The van der Waals surface area contributed by atoms with Gasteiger partial charge in [0.05, 0.1) is 11.4 Å². The highest BCUT2D eigenvalue weighted by atomic mass is 79.9. The van der Waals surface area contributed by atoms with Crippen LogP contribution in [-0.4, -0.2) is 26.8 Å². The molecular weight excluding hydrogens is 336 g/mol. The molecule has 2 unspecified atom stereocenters. The third kappa shape index (κ3) is 1.87. The van der Waals surface area contributed by atoms with E-state index in [1.165, 1.54) is 0 Å². The number of aliphatic hydroxyl groups is 1. The van der Waals surface area contributed by atoms with Crippen molar-refractivity contribution >= 4 is 15.9 Å². The van der Waals surface area contributed by atoms with Crippen molar-refractivity contribution < 1.29 is 20.1 Å². The second-order valence-electron chi connectivity index (χ2n) is 5.92. The maximum Gasteiger partial charge on any atom is 0.157 e. The molecule has 0 aromatic heterocycles. The first kappa shape index (κ1) is 13.1. The number of rotatable bonds is 0. The second-order valence-corrected chi connectivity index (χ2v) is 7.03. The molecule has 5 heteroatoms. The van der Waals surface area contributed by atoms with Crippen LogP contribution in [0.25, 0.3) is 0 Å². The largest absolute Gasteiger partial charge is 0.511 e. The van der Waals surface area contributed by atoms with E-state index >= 15 is 0 Å². The molecule has 0 saturated carbocycles. The number of benzene rings is 1. The molecule has 0 spiro atoms. The van der Waals surface area contributed by atoms with Crippen LogP contribution in [0.4, 0.5) is 0 Å². The van der Waals surface area contributed by atoms with Gasteiger partial charge in [-0.3, -0.25) is 0 Å². The van der Waals surface area contributed by atoms with Gasteiger partial charge in [-0.1, -0.05) is 15.9 Å². The topological polar surface area (TPSA) is 69.9 Å². The SMILES string of the molecule is OC1=CC2=C(CC1Br)[C@H]1c3cc(O)c(O)cc3CC1CO2. The minimum atomic E-state index is -0.0895. The number of aliphatic hydroxyl groups excluding tert-OH is 1. The summed E-state index contributed by atoms with van der Waals surface area (Å²) in [6.07, 6.45) is 3.22. The van der Waals surface area contributed by atoms with Gasteiger partial charge in [0.15, 0.2) is 11.5 Å². The molecular formula is C16H15BrO4. The van der Waals surface area contributed by atoms with Crippen LogP contribution >= 0.6 is 15.9 Å². The molecule has 0 radical (unpaired) electrons. The predicted molar refractivity (Wildman–Crippen MR) is 80.7 cm³/mol. The van der Waals surface area contributed by atoms with Crippen LogP contribution in [-0.2, 0) is 11.2 Å². The van der Waals surface area contributed by atoms with Gasteiger partial charge >= 0.3 is 0 Å². The Bertz CT molecular complexity index is 692. The highest BCUT2D eigenvalue weighted by molar-refractivity contribution is 9.09. The highest BCUT2D eigenvalue weighted by Gasteiger charge is 2.42. The molecule has 3 atom stereocenters. The lowest BCUT2D eigenvalue weighted by Gasteiger charge is -2.34. The number of phenolic OH excluding ortho intramolecular Hbond substituents is 2. The molecule has 2 aliphatic carbocycles. The number of hydrogen-bond acceptors (Lipinski definition) is 4. The maximum atomic E-state index is 9.86. The summed E-state index contributed by atoms with van der Waals surface area (Å²) in [6, 6.07) is 3.33. The van der Waals surface area contributed by atoms with Crippen molar-refractivity contribution in [1.29, 1.82) is 0 Å². The quantitative estimate of drug-likeness (QED) is 0.496. The molecule has 1 aromatic carbocycles. The minimum Gasteiger partial charge on any atom is -0.511 e. The molecule has 3 N–H and O–H groups in total. The van der Waals surface area contributed by atoms with E-state index in [0.717, 1.165) is 28.9 Å². The second kappa shape index (κ2) is 4.44. The number of hydrogen-bond donors (Lipinski definition) is 3. The van der Waals surface area contributed by atoms with Gasteiger partial charge in [0.25, 0.3) is 0 Å². The molecule has 0 fully saturated rings. The number of phenols is 2. The summed E-state index contributed by atoms with van der Waals surface area (Å²) in [5.41, 5.74) is 3.30. The van der Waals surface area contributed by atoms with Gasteiger partial charge < -0.3 is 20.1 Å². The zero-order valence-corrected chi connectivity index (χ0v) is 12.8. The maximum absolute atomic E-state index is 9.86. The smallest absolute Gasteiger partial charge is 0.157 e. The van der Waals surface area contributed by atoms with E-state index in [9.17, 15) is 15.3 Å². The van der Waals surface area contributed by atoms with E-state index in [2.05, 4.69) is 15.9 Å². The van der Waals surface area contributed by atoms with Crippen LogP contribution in [0.1, 0.15) is 23.5 Å². The number of fused-ring (bicyclic) bond motifs is 4. The molecule has 1 aromatic rings. The Morgan fingerprint density at radius 1 is 1.10 bits per heavy atom. The van der Waals surface area contributed by atoms with Crippen molar-refractivity contribution in [3.05, 3.63) is 46.4 Å². The summed E-state index contributed by atoms with van der Waals surface area (Å²) in [7, 11) is 0. The van der Waals surface area contributed by atoms with E-state index in [1.54, 1.807) is 18.2 Å². The van der Waals surface area contributed by atoms with Gasteiger partial charge in [-0.2, -0.15) is 0 Å². The summed E-state index contributed by atoms with van der Waals surface area (Å²) in [4.78, 5) is -0.0895. The summed E-state index contributed by atoms with van der Waals surface area (Å²) >= 11 is 3.48. The molecule has 0 saturated heterocycles. The summed E-state index contributed by atoms with van der Waals surface area (Å²) < 4.78 is 5.80. The van der Waals surface area contributed by atoms with Crippen molar-refractivity contribution in [2.75, 3.05) is 6.61 Å². The van der Waals surface area contributed by atoms with Crippen molar-refractivity contribution in [1.82, 2.24) is 0 Å². The molecule has 21 heavy (non-hydrogen) atoms. The van der Waals surface area contributed by atoms with Crippen molar-refractivity contribution in [2.24, 2.45) is 5.92 Å². The Morgan fingerprint density at radius 2 is 1.86 bits per heavy atom. The standard InChI is InChI=1S/C16H15BrO4/c17-11-3-10-15(5-12(11)18)21-6-8-1-7-2-13(19)14(20)4-9(7)16(8)10/h2,4-5,8,11,16,18-20H,1,3,6H2/t8?,11?,16-/m1/s1. The Kier molecular flexibility index (Phi) is 2.76. The number of alkyl halides is 1. The van der Waals surface area contributed by atoms with Gasteiger partial charge in [-0.15, -0.1) is 0 Å². The number of halogens is 1. The van der Waals surface area contributed by atoms with Gasteiger partial charge in [0.1, 0.15) is 11.5 Å². The molecule has 1 aliphatic heterocycles. The Hall–Kier alpha value is -1.62. The molecule has 4 rings (SSSR count). The molecule has 4 nitrogen and oxygen atoms in total. The van der Waals surface area contributed by atoms with Crippen LogP contribution in [0.3, 0.4) is 0 Å². The van der Waals surface area contributed by atoms with Gasteiger partial charge in [0.2, 0.25) is 0 Å². The van der Waals surface area contributed by atoms with E-state index < -0.39 is 0 Å². The van der Waals surface area contributed by atoms with Crippen molar-refractivity contribution in [2.45, 2.75) is 23.6 Å². The third-order valence-corrected chi connectivity index (χ3v) is 5.46. The summed E-state index contributed by atoms with van der Waals surface area (Å²) in [6.45, 7) is 0.594. The Balaban J connectivity index is 1.84. The average Bonchev–Trinajstić information content (AvgIpc) is 2.79. The Labute approximate surface area is 130 Å². The van der Waals surface area contributed by atoms with Crippen LogP contribution in [0, 0.1) is 5.92 Å². The lowest BCUT2D eigenvalue weighted by molar-refractivity contribution is 0.137. The van der Waals surface area contributed by atoms with Gasteiger partial charge in [-0.25, -0.2) is 0 Å². The first-order valence-corrected chi connectivity index (χ1v) is 7.91. The number of ether oxygens (including phenoxy) is 1. The zero-order valence-electron chi connectivity index (χ0n) is 11.2. The van der Waals surface area contributed by atoms with Gasteiger partial charge in [0, 0.05) is 17.9 Å². The van der Waals surface area contributed by atoms with E-state index in [-0.39, 0.29) is 22.2 Å². The molecule has 0 amide bonds. The molecule has 110 valence electrons. The number of allylic oxidation sites excluding steroid dienone is 3. The van der Waals surface area contributed by atoms with Crippen molar-refractivity contribution in [3.8, 4) is 11.5 Å². The summed E-state index contributed by atoms with van der Waals surface area (Å²) in [5, 5.41) is 29.3. The van der Waals surface area contributed by atoms with Crippen LogP contribution in [0.2, 0.25) is 0 Å². The Morgan fingerprint density at radius 3 is 2.67 bits per heavy atom. The predicted octanol–water partition coefficient (Wildman–Crippen LogP) is 3.25. The third-order valence-electron chi connectivity index (χ3n) is 4.67.